The van der Waals surface area contributed by atoms with Crippen molar-refractivity contribution in [2.24, 2.45) is 0 Å². The zero-order valence-corrected chi connectivity index (χ0v) is 43.8. The molecule has 0 amide bonds. The van der Waals surface area contributed by atoms with Crippen molar-refractivity contribution in [3.63, 3.8) is 0 Å². The smallest absolute Gasteiger partial charge is 0.252 e. The molecule has 0 fully saturated rings. The second kappa shape index (κ2) is 15.0. The van der Waals surface area contributed by atoms with E-state index in [1.54, 1.807) is 0 Å². The minimum atomic E-state index is -0.390. The first kappa shape index (κ1) is 44.0. The molecule has 15 rings (SSSR count). The van der Waals surface area contributed by atoms with E-state index in [4.69, 9.17) is 0 Å². The lowest BCUT2D eigenvalue weighted by molar-refractivity contribution is 0.244. The van der Waals surface area contributed by atoms with Gasteiger partial charge in [-0.25, -0.2) is 0 Å². The molecule has 0 radical (unpaired) electrons. The Morgan fingerprint density at radius 3 is 1.61 bits per heavy atom. The Morgan fingerprint density at radius 2 is 0.946 bits per heavy atom. The van der Waals surface area contributed by atoms with E-state index in [0.717, 1.165) is 31.4 Å². The van der Waals surface area contributed by atoms with Crippen LogP contribution in [0.4, 0.5) is 39.8 Å². The maximum Gasteiger partial charge on any atom is 0.252 e. The van der Waals surface area contributed by atoms with Crippen LogP contribution in [0.2, 0.25) is 0 Å². The fraction of sp³-hybridized carbons (Fsp3) is 0.229. The molecule has 0 bridgehead atoms. The van der Waals surface area contributed by atoms with Gasteiger partial charge in [0, 0.05) is 50.6 Å². The predicted molar refractivity (Wildman–Crippen MR) is 311 cm³/mol. The van der Waals surface area contributed by atoms with E-state index >= 15 is 0 Å². The molecule has 9 aromatic carbocycles. The van der Waals surface area contributed by atoms with Crippen LogP contribution in [0, 0.1) is 0 Å². The fourth-order valence-electron chi connectivity index (χ4n) is 15.7. The van der Waals surface area contributed by atoms with Crippen LogP contribution in [0.25, 0.3) is 22.3 Å². The number of para-hydroxylation sites is 1. The van der Waals surface area contributed by atoms with Crippen LogP contribution < -0.4 is 31.1 Å². The molecule has 9 aromatic rings. The van der Waals surface area contributed by atoms with Gasteiger partial charge in [0.05, 0.1) is 11.1 Å². The molecule has 3 nitrogen and oxygen atoms in total. The molecule has 2 aliphatic carbocycles. The third-order valence-corrected chi connectivity index (χ3v) is 19.9. The minimum Gasteiger partial charge on any atom is -0.331 e. The summed E-state index contributed by atoms with van der Waals surface area (Å²) >= 11 is 0. The molecular weight excluding hydrogens is 894 g/mol. The zero-order valence-electron chi connectivity index (χ0n) is 43.8. The number of rotatable bonds is 4. The standard InChI is InChI=1S/C70H62BN3/c1-66(2,3)51-32-36-60-57(42-51)68(5)40-38-48-23-14-16-25-54(48)69(68,6)73(60)53-43-62-64-63(44-53)74-65-56(67(4)39-37-49-24-15-17-26-55(49)70(67,74)7)27-18-28-58(65)71(64)59-41-50(46-21-12-9-13-22-46)31-35-61(59)72(62)52-33-29-47(30-34-52)45-19-10-8-11-20-45/h8-36,41-44H,37-40H2,1-7H3. The summed E-state index contributed by atoms with van der Waals surface area (Å²) in [6.07, 6.45) is 4.28. The first-order chi connectivity index (χ1) is 35.8. The predicted octanol–water partition coefficient (Wildman–Crippen LogP) is 15.5. The van der Waals surface area contributed by atoms with Crippen molar-refractivity contribution in [3.8, 4) is 22.3 Å². The second-order valence-corrected chi connectivity index (χ2v) is 24.2. The Morgan fingerprint density at radius 1 is 0.405 bits per heavy atom. The van der Waals surface area contributed by atoms with Gasteiger partial charge in [-0.1, -0.05) is 198 Å². The first-order valence-corrected chi connectivity index (χ1v) is 27.2. The summed E-state index contributed by atoms with van der Waals surface area (Å²) in [5.41, 5.74) is 27.1. The van der Waals surface area contributed by atoms with Gasteiger partial charge in [-0.15, -0.1) is 0 Å². The van der Waals surface area contributed by atoms with E-state index in [1.165, 1.54) is 112 Å². The molecular formula is C70H62BN3. The number of nitrogens with zero attached hydrogens (tertiary/aromatic N) is 3. The number of hydrogen-bond acceptors (Lipinski definition) is 3. The van der Waals surface area contributed by atoms with Gasteiger partial charge in [0.25, 0.3) is 6.71 Å². The van der Waals surface area contributed by atoms with Crippen LogP contribution in [-0.4, -0.2) is 6.71 Å². The highest BCUT2D eigenvalue weighted by Gasteiger charge is 2.64. The monoisotopic (exact) mass is 956 g/mol. The van der Waals surface area contributed by atoms with Gasteiger partial charge >= 0.3 is 0 Å². The summed E-state index contributed by atoms with van der Waals surface area (Å²) in [4.78, 5) is 8.33. The maximum absolute atomic E-state index is 2.88. The van der Waals surface area contributed by atoms with Crippen molar-refractivity contribution in [3.05, 3.63) is 239 Å². The molecule has 4 heterocycles. The molecule has 0 saturated heterocycles. The molecule has 4 heteroatoms. The van der Waals surface area contributed by atoms with E-state index in [-0.39, 0.29) is 34.0 Å². The number of hydrogen-bond donors (Lipinski definition) is 0. The lowest BCUT2D eigenvalue weighted by Gasteiger charge is -2.54. The first-order valence-electron chi connectivity index (χ1n) is 27.2. The molecule has 0 spiro atoms. The van der Waals surface area contributed by atoms with Crippen LogP contribution in [0.5, 0.6) is 0 Å². The highest BCUT2D eigenvalue weighted by atomic mass is 15.3. The maximum atomic E-state index is 2.88. The fourth-order valence-corrected chi connectivity index (χ4v) is 15.7. The Balaban J connectivity index is 1.07. The summed E-state index contributed by atoms with van der Waals surface area (Å²) in [5, 5.41) is 0. The van der Waals surface area contributed by atoms with Crippen molar-refractivity contribution in [2.45, 2.75) is 101 Å². The average molecular weight is 956 g/mol. The minimum absolute atomic E-state index is 0.00202. The van der Waals surface area contributed by atoms with Gasteiger partial charge in [-0.05, 0) is 159 Å². The van der Waals surface area contributed by atoms with Gasteiger partial charge in [0.15, 0.2) is 0 Å². The van der Waals surface area contributed by atoms with Crippen LogP contribution >= 0.6 is 0 Å². The third kappa shape index (κ3) is 5.54. The Bertz CT molecular complexity index is 3820. The average Bonchev–Trinajstić information content (AvgIpc) is 3.80. The lowest BCUT2D eigenvalue weighted by Crippen LogP contribution is -2.64. The molecule has 0 aromatic heterocycles. The van der Waals surface area contributed by atoms with E-state index in [0.29, 0.717) is 0 Å². The summed E-state index contributed by atoms with van der Waals surface area (Å²) in [5.74, 6) is 0. The van der Waals surface area contributed by atoms with Crippen molar-refractivity contribution < 1.29 is 0 Å². The highest BCUT2D eigenvalue weighted by Crippen LogP contribution is 2.67. The quantitative estimate of drug-likeness (QED) is 0.163. The van der Waals surface area contributed by atoms with E-state index in [9.17, 15) is 0 Å². The SMILES string of the molecule is CC(C)(C)c1ccc2c(c1)C1(C)CCc3ccccc3C1(C)N2c1cc2c3c(c1)N1c4c(cccc4C4(C)CCc5ccccc5C14C)B3c1cc(-c3ccccc3)ccc1N2c1ccc(-c2ccccc2)cc1. The number of aryl methyl sites for hydroxylation is 2. The van der Waals surface area contributed by atoms with Crippen molar-refractivity contribution in [2.75, 3.05) is 14.7 Å². The molecule has 0 saturated carbocycles. The van der Waals surface area contributed by atoms with E-state index in [2.05, 4.69) is 263 Å². The molecule has 4 atom stereocenters. The second-order valence-electron chi connectivity index (χ2n) is 24.2. The van der Waals surface area contributed by atoms with Gasteiger partial charge in [-0.3, -0.25) is 0 Å². The lowest BCUT2D eigenvalue weighted by atomic mass is 9.33. The van der Waals surface area contributed by atoms with Crippen LogP contribution in [-0.2, 0) is 40.2 Å². The Kier molecular flexibility index (Phi) is 8.94. The number of anilines is 7. The Labute approximate surface area is 438 Å². The van der Waals surface area contributed by atoms with E-state index < -0.39 is 0 Å². The number of fused-ring (bicyclic) bond motifs is 14. The van der Waals surface area contributed by atoms with Crippen LogP contribution in [0.15, 0.2) is 200 Å². The van der Waals surface area contributed by atoms with Crippen molar-refractivity contribution >= 4 is 62.9 Å². The van der Waals surface area contributed by atoms with Gasteiger partial charge in [0.2, 0.25) is 0 Å². The summed E-state index contributed by atoms with van der Waals surface area (Å²) in [6.45, 7) is 17.4. The molecule has 6 aliphatic rings. The third-order valence-electron chi connectivity index (χ3n) is 19.9. The van der Waals surface area contributed by atoms with Crippen LogP contribution in [0.3, 0.4) is 0 Å². The Hall–Kier alpha value is -7.56. The van der Waals surface area contributed by atoms with Crippen LogP contribution in [0.1, 0.15) is 100 Å². The summed E-state index contributed by atoms with van der Waals surface area (Å²) in [7, 11) is 0. The highest BCUT2D eigenvalue weighted by molar-refractivity contribution is 7.00. The number of benzene rings is 9. The van der Waals surface area contributed by atoms with E-state index in [1.807, 2.05) is 0 Å². The molecule has 4 unspecified atom stereocenters. The summed E-state index contributed by atoms with van der Waals surface area (Å²) in [6, 6.07) is 77.4. The molecule has 0 N–H and O–H groups in total. The zero-order chi connectivity index (χ0) is 50.1. The van der Waals surface area contributed by atoms with Gasteiger partial charge in [-0.2, -0.15) is 0 Å². The van der Waals surface area contributed by atoms with Crippen molar-refractivity contribution in [1.82, 2.24) is 0 Å². The molecule has 360 valence electrons. The topological polar surface area (TPSA) is 9.72 Å². The van der Waals surface area contributed by atoms with Crippen molar-refractivity contribution in [1.29, 1.82) is 0 Å². The largest absolute Gasteiger partial charge is 0.331 e. The van der Waals surface area contributed by atoms with Gasteiger partial charge in [0.1, 0.15) is 0 Å². The normalized spacial score (nSPS) is 23.2. The van der Waals surface area contributed by atoms with Gasteiger partial charge < -0.3 is 14.7 Å². The molecule has 4 aliphatic heterocycles. The summed E-state index contributed by atoms with van der Waals surface area (Å²) < 4.78 is 0. The molecule has 74 heavy (non-hydrogen) atoms.